The van der Waals surface area contributed by atoms with Gasteiger partial charge in [-0.2, -0.15) is 4.39 Å². The topological polar surface area (TPSA) is 42.1 Å². The number of aryl methyl sites for hydroxylation is 2. The van der Waals surface area contributed by atoms with Crippen LogP contribution in [0.2, 0.25) is 0 Å². The minimum atomic E-state index is -0.492. The largest absolute Gasteiger partial charge is 0.328 e. The molecule has 6 rings (SSSR count). The Bertz CT molecular complexity index is 1460. The van der Waals surface area contributed by atoms with Crippen LogP contribution in [-0.4, -0.2) is 32.2 Å². The lowest BCUT2D eigenvalue weighted by Crippen LogP contribution is -2.33. The van der Waals surface area contributed by atoms with Gasteiger partial charge in [0.2, 0.25) is 5.95 Å². The van der Waals surface area contributed by atoms with Gasteiger partial charge in [-0.15, -0.1) is 5.10 Å². The number of benzene rings is 1. The molecule has 34 heavy (non-hydrogen) atoms. The molecule has 1 unspecified atom stereocenters. The highest BCUT2D eigenvalue weighted by atomic mass is 31.0. The number of nitrogens with zero attached hydrogens (tertiary/aromatic N) is 6. The number of hydrogen-bond donors (Lipinski definition) is 0. The van der Waals surface area contributed by atoms with E-state index in [1.54, 1.807) is 13.2 Å². The number of aromatic nitrogens is 4. The molecule has 1 saturated carbocycles. The van der Waals surface area contributed by atoms with Crippen molar-refractivity contribution in [2.24, 2.45) is 7.05 Å². The molecule has 2 aliphatic rings. The molecule has 1 aliphatic carbocycles. The zero-order chi connectivity index (χ0) is 23.7. The summed E-state index contributed by atoms with van der Waals surface area (Å²) in [4.78, 5) is 9.40. The summed E-state index contributed by atoms with van der Waals surface area (Å²) in [7, 11) is 6.55. The molecule has 1 aliphatic heterocycles. The molecule has 4 aromatic rings. The minimum Gasteiger partial charge on any atom is -0.328 e. The van der Waals surface area contributed by atoms with Gasteiger partial charge >= 0.3 is 0 Å². The molecule has 0 bridgehead atoms. The Morgan fingerprint density at radius 1 is 1.18 bits per heavy atom. The third-order valence-corrected chi connectivity index (χ3v) is 7.77. The third kappa shape index (κ3) is 2.96. The van der Waals surface area contributed by atoms with Gasteiger partial charge in [-0.3, -0.25) is 4.68 Å². The molecule has 8 heteroatoms. The van der Waals surface area contributed by atoms with E-state index in [1.807, 2.05) is 10.5 Å². The molecular weight excluding hydrogens is 446 g/mol. The number of pyridine rings is 1. The predicted octanol–water partition coefficient (Wildman–Crippen LogP) is 5.86. The number of hydrogen-bond acceptors (Lipinski definition) is 4. The molecule has 0 radical (unpaired) electrons. The first-order valence-corrected chi connectivity index (χ1v) is 12.2. The van der Waals surface area contributed by atoms with Crippen LogP contribution in [-0.2, 0) is 7.05 Å². The average Bonchev–Trinajstić information content (AvgIpc) is 3.56. The van der Waals surface area contributed by atoms with E-state index in [2.05, 4.69) is 69.1 Å². The lowest BCUT2D eigenvalue weighted by Gasteiger charge is -2.28. The third-order valence-electron chi connectivity index (χ3n) is 7.27. The van der Waals surface area contributed by atoms with E-state index in [4.69, 9.17) is 4.98 Å². The standard InChI is InChI=1S/C26H28FN6P/c1-15-8-7-9-17(12-15)21-22-24-20(31(4)16(2)32(24)18-10-5-6-11-18)13-28-26(22)33(34)23(21)19-14-30(3)29-25(19)27/h7-9,12-14,18H,2,5-6,10-11,34H2,1,3-4H3. The second kappa shape index (κ2) is 7.67. The molecule has 6 nitrogen and oxygen atoms in total. The first-order valence-electron chi connectivity index (χ1n) is 11.7. The summed E-state index contributed by atoms with van der Waals surface area (Å²) >= 11 is 0. The maximum Gasteiger partial charge on any atom is 0.241 e. The number of rotatable bonds is 3. The molecule has 0 spiro atoms. The fourth-order valence-electron chi connectivity index (χ4n) is 5.68. The van der Waals surface area contributed by atoms with Gasteiger partial charge in [0.25, 0.3) is 0 Å². The second-order valence-corrected chi connectivity index (χ2v) is 9.96. The van der Waals surface area contributed by atoms with E-state index in [0.717, 1.165) is 63.5 Å². The van der Waals surface area contributed by atoms with Gasteiger partial charge in [0.1, 0.15) is 11.5 Å². The summed E-state index contributed by atoms with van der Waals surface area (Å²) in [6.45, 7) is 6.52. The van der Waals surface area contributed by atoms with Crippen LogP contribution in [0.5, 0.6) is 0 Å². The fraction of sp³-hybridized carbons (Fsp3) is 0.308. The van der Waals surface area contributed by atoms with Crippen molar-refractivity contribution in [1.82, 2.24) is 19.1 Å². The second-order valence-electron chi connectivity index (χ2n) is 9.44. The highest BCUT2D eigenvalue weighted by Crippen LogP contribution is 2.53. The first-order chi connectivity index (χ1) is 16.4. The maximum absolute atomic E-state index is 15.1. The molecular formula is C26H28FN6P. The Morgan fingerprint density at radius 3 is 2.62 bits per heavy atom. The highest BCUT2D eigenvalue weighted by Gasteiger charge is 2.38. The smallest absolute Gasteiger partial charge is 0.241 e. The van der Waals surface area contributed by atoms with Gasteiger partial charge < -0.3 is 14.1 Å². The van der Waals surface area contributed by atoms with E-state index in [9.17, 15) is 0 Å². The van der Waals surface area contributed by atoms with Crippen molar-refractivity contribution >= 4 is 31.8 Å². The van der Waals surface area contributed by atoms with Crippen molar-refractivity contribution in [3.05, 3.63) is 60.6 Å². The van der Waals surface area contributed by atoms with E-state index < -0.39 is 5.95 Å². The van der Waals surface area contributed by atoms with Crippen LogP contribution in [0.15, 0.2) is 49.1 Å². The molecule has 0 N–H and O–H groups in total. The Kier molecular flexibility index (Phi) is 4.82. The monoisotopic (exact) mass is 474 g/mol. The lowest BCUT2D eigenvalue weighted by atomic mass is 9.97. The van der Waals surface area contributed by atoms with Crippen LogP contribution in [0.3, 0.4) is 0 Å². The van der Waals surface area contributed by atoms with Gasteiger partial charge in [-0.05, 0) is 34.7 Å². The van der Waals surface area contributed by atoms with E-state index in [0.29, 0.717) is 11.6 Å². The van der Waals surface area contributed by atoms with Crippen LogP contribution in [0, 0.1) is 12.9 Å². The van der Waals surface area contributed by atoms with Crippen molar-refractivity contribution in [2.75, 3.05) is 16.8 Å². The highest BCUT2D eigenvalue weighted by molar-refractivity contribution is 7.15. The molecule has 4 heterocycles. The quantitative estimate of drug-likeness (QED) is 0.349. The molecule has 1 fully saturated rings. The normalized spacial score (nSPS) is 16.3. The molecule has 0 amide bonds. The van der Waals surface area contributed by atoms with Crippen molar-refractivity contribution in [2.45, 2.75) is 38.6 Å². The van der Waals surface area contributed by atoms with Gasteiger partial charge in [-0.1, -0.05) is 49.2 Å². The Labute approximate surface area is 200 Å². The van der Waals surface area contributed by atoms with E-state index in [1.165, 1.54) is 17.5 Å². The van der Waals surface area contributed by atoms with Crippen LogP contribution in [0.1, 0.15) is 31.2 Å². The molecule has 3 aromatic heterocycles. The zero-order valence-electron chi connectivity index (χ0n) is 19.7. The van der Waals surface area contributed by atoms with Gasteiger partial charge in [0, 0.05) is 31.9 Å². The summed E-state index contributed by atoms with van der Waals surface area (Å²) in [5.41, 5.74) is 7.31. The summed E-state index contributed by atoms with van der Waals surface area (Å²) < 4.78 is 18.5. The molecule has 1 aromatic carbocycles. The fourth-order valence-corrected chi connectivity index (χ4v) is 6.14. The molecule has 1 atom stereocenters. The summed E-state index contributed by atoms with van der Waals surface area (Å²) in [6.07, 6.45) is 8.39. The average molecular weight is 475 g/mol. The Hall–Kier alpha value is -3.18. The van der Waals surface area contributed by atoms with Gasteiger partial charge in [0.15, 0.2) is 0 Å². The Balaban J connectivity index is 1.76. The van der Waals surface area contributed by atoms with Crippen molar-refractivity contribution in [1.29, 1.82) is 0 Å². The number of anilines is 2. The van der Waals surface area contributed by atoms with Crippen molar-refractivity contribution in [3.63, 3.8) is 0 Å². The Morgan fingerprint density at radius 2 is 1.94 bits per heavy atom. The molecule has 0 saturated heterocycles. The van der Waals surface area contributed by atoms with Crippen LogP contribution in [0.25, 0.3) is 33.4 Å². The van der Waals surface area contributed by atoms with E-state index >= 15 is 4.39 Å². The number of fused-ring (bicyclic) bond motifs is 3. The summed E-state index contributed by atoms with van der Waals surface area (Å²) in [5.74, 6) is 0.478. The lowest BCUT2D eigenvalue weighted by molar-refractivity contribution is 0.555. The maximum atomic E-state index is 15.1. The predicted molar refractivity (Wildman–Crippen MR) is 139 cm³/mol. The SMILES string of the molecule is C=C1N(C)c2cnc3c(c(-c4cccc(C)c4)c(-c4cn(C)nc4F)n3P)c2N1C1CCCC1. The zero-order valence-corrected chi connectivity index (χ0v) is 20.9. The number of halogens is 1. The van der Waals surface area contributed by atoms with Crippen molar-refractivity contribution in [3.8, 4) is 22.4 Å². The molecule has 174 valence electrons. The first kappa shape index (κ1) is 21.4. The van der Waals surface area contributed by atoms with Gasteiger partial charge in [0.05, 0.1) is 34.2 Å². The van der Waals surface area contributed by atoms with Gasteiger partial charge in [-0.25, -0.2) is 4.98 Å². The minimum absolute atomic E-state index is 0.401. The van der Waals surface area contributed by atoms with Crippen LogP contribution < -0.4 is 9.80 Å². The summed E-state index contributed by atoms with van der Waals surface area (Å²) in [6, 6.07) is 8.78. The van der Waals surface area contributed by atoms with E-state index in [-0.39, 0.29) is 0 Å². The van der Waals surface area contributed by atoms with Crippen LogP contribution in [0.4, 0.5) is 15.8 Å². The van der Waals surface area contributed by atoms with Crippen LogP contribution >= 0.6 is 9.39 Å². The summed E-state index contributed by atoms with van der Waals surface area (Å²) in [5, 5.41) is 5.02. The van der Waals surface area contributed by atoms with Crippen molar-refractivity contribution < 1.29 is 4.39 Å².